The van der Waals surface area contributed by atoms with Crippen LogP contribution in [-0.2, 0) is 0 Å². The smallest absolute Gasteiger partial charge is 0.120 e. The molecule has 3 nitrogen and oxygen atoms in total. The van der Waals surface area contributed by atoms with Crippen molar-refractivity contribution in [3.05, 3.63) is 23.8 Å². The molecule has 0 amide bonds. The molecular weight excluding hydrogens is 238 g/mol. The monoisotopic (exact) mass is 263 g/mol. The molecule has 2 rings (SSSR count). The minimum absolute atomic E-state index is 0.0506. The van der Waals surface area contributed by atoms with Gasteiger partial charge in [0.05, 0.1) is 0 Å². The Morgan fingerprint density at radius 2 is 1.74 bits per heavy atom. The van der Waals surface area contributed by atoms with Crippen molar-refractivity contribution in [2.45, 2.75) is 52.1 Å². The second-order valence-electron chi connectivity index (χ2n) is 6.25. The van der Waals surface area contributed by atoms with Crippen molar-refractivity contribution in [1.29, 1.82) is 0 Å². The van der Waals surface area contributed by atoms with Gasteiger partial charge in [0.25, 0.3) is 0 Å². The molecule has 3 N–H and O–H groups in total. The first-order valence-corrected chi connectivity index (χ1v) is 7.23. The van der Waals surface area contributed by atoms with E-state index >= 15 is 0 Å². The van der Waals surface area contributed by atoms with E-state index in [0.717, 1.165) is 17.4 Å². The first-order valence-electron chi connectivity index (χ1n) is 7.23. The minimum atomic E-state index is 0.0506. The van der Waals surface area contributed by atoms with Crippen LogP contribution in [0.2, 0.25) is 0 Å². The number of aromatic hydroxyl groups is 2. The standard InChI is InChI=1S/C16H25NO2/c1-10-6-11(2)8-13(7-10)17-12(3)15-9-14(18)4-5-16(15)19/h4-5,9-13,17-19H,6-8H2,1-3H3. The zero-order valence-electron chi connectivity index (χ0n) is 12.1. The highest BCUT2D eigenvalue weighted by Gasteiger charge is 2.25. The normalized spacial score (nSPS) is 29.1. The van der Waals surface area contributed by atoms with E-state index in [9.17, 15) is 10.2 Å². The van der Waals surface area contributed by atoms with Crippen molar-refractivity contribution < 1.29 is 10.2 Å². The molecule has 1 fully saturated rings. The third-order valence-electron chi connectivity index (χ3n) is 4.14. The summed E-state index contributed by atoms with van der Waals surface area (Å²) in [5.41, 5.74) is 0.769. The number of phenolic OH excluding ortho intramolecular Hbond substituents is 2. The van der Waals surface area contributed by atoms with Gasteiger partial charge in [0.15, 0.2) is 0 Å². The summed E-state index contributed by atoms with van der Waals surface area (Å²) in [6.45, 7) is 6.65. The Hall–Kier alpha value is -1.22. The lowest BCUT2D eigenvalue weighted by molar-refractivity contribution is 0.227. The molecule has 1 aliphatic rings. The Bertz CT molecular complexity index is 423. The van der Waals surface area contributed by atoms with Gasteiger partial charge in [-0.3, -0.25) is 0 Å². The lowest BCUT2D eigenvalue weighted by Crippen LogP contribution is -2.37. The summed E-state index contributed by atoms with van der Waals surface area (Å²) in [7, 11) is 0. The average Bonchev–Trinajstić information content (AvgIpc) is 2.30. The molecule has 19 heavy (non-hydrogen) atoms. The van der Waals surface area contributed by atoms with Crippen molar-refractivity contribution in [1.82, 2.24) is 5.32 Å². The fraction of sp³-hybridized carbons (Fsp3) is 0.625. The van der Waals surface area contributed by atoms with Gasteiger partial charge in [-0.05, 0) is 56.2 Å². The average molecular weight is 263 g/mol. The van der Waals surface area contributed by atoms with E-state index in [0.29, 0.717) is 6.04 Å². The van der Waals surface area contributed by atoms with Crippen LogP contribution in [0.15, 0.2) is 18.2 Å². The number of rotatable bonds is 3. The van der Waals surface area contributed by atoms with Crippen LogP contribution < -0.4 is 5.32 Å². The second-order valence-corrected chi connectivity index (χ2v) is 6.25. The predicted octanol–water partition coefficient (Wildman–Crippen LogP) is 3.57. The van der Waals surface area contributed by atoms with E-state index < -0.39 is 0 Å². The molecule has 106 valence electrons. The summed E-state index contributed by atoms with van der Waals surface area (Å²) in [5, 5.41) is 23.0. The summed E-state index contributed by atoms with van der Waals surface area (Å²) in [5.74, 6) is 1.96. The third-order valence-corrected chi connectivity index (χ3v) is 4.14. The van der Waals surface area contributed by atoms with Crippen LogP contribution in [0.1, 0.15) is 51.6 Å². The first-order chi connectivity index (χ1) is 8.95. The molecule has 0 bridgehead atoms. The fourth-order valence-electron chi connectivity index (χ4n) is 3.42. The van der Waals surface area contributed by atoms with Crippen molar-refractivity contribution in [3.63, 3.8) is 0 Å². The van der Waals surface area contributed by atoms with Crippen LogP contribution in [0.3, 0.4) is 0 Å². The molecule has 1 aliphatic carbocycles. The third kappa shape index (κ3) is 3.63. The second kappa shape index (κ2) is 5.83. The Morgan fingerprint density at radius 1 is 1.11 bits per heavy atom. The van der Waals surface area contributed by atoms with Gasteiger partial charge < -0.3 is 15.5 Å². The van der Waals surface area contributed by atoms with E-state index in [4.69, 9.17) is 0 Å². The lowest BCUT2D eigenvalue weighted by Gasteiger charge is -2.34. The molecule has 3 heteroatoms. The molecule has 3 unspecified atom stereocenters. The van der Waals surface area contributed by atoms with Gasteiger partial charge in [0.2, 0.25) is 0 Å². The quantitative estimate of drug-likeness (QED) is 0.731. The van der Waals surface area contributed by atoms with Crippen molar-refractivity contribution in [2.75, 3.05) is 0 Å². The van der Waals surface area contributed by atoms with Gasteiger partial charge in [-0.25, -0.2) is 0 Å². The summed E-state index contributed by atoms with van der Waals surface area (Å²) in [4.78, 5) is 0. The Morgan fingerprint density at radius 3 is 2.37 bits per heavy atom. The highest BCUT2D eigenvalue weighted by Crippen LogP contribution is 2.32. The highest BCUT2D eigenvalue weighted by atomic mass is 16.3. The minimum Gasteiger partial charge on any atom is -0.508 e. The Kier molecular flexibility index (Phi) is 4.35. The molecule has 1 saturated carbocycles. The van der Waals surface area contributed by atoms with Crippen molar-refractivity contribution >= 4 is 0 Å². The van der Waals surface area contributed by atoms with E-state index in [-0.39, 0.29) is 17.5 Å². The van der Waals surface area contributed by atoms with Crippen LogP contribution >= 0.6 is 0 Å². The van der Waals surface area contributed by atoms with E-state index in [2.05, 4.69) is 19.2 Å². The summed E-state index contributed by atoms with van der Waals surface area (Å²) in [6, 6.07) is 5.25. The number of benzene rings is 1. The molecule has 0 saturated heterocycles. The molecular formula is C16H25NO2. The van der Waals surface area contributed by atoms with Crippen molar-refractivity contribution in [2.24, 2.45) is 11.8 Å². The molecule has 1 aromatic carbocycles. The SMILES string of the molecule is CC1CC(C)CC(NC(C)c2cc(O)ccc2O)C1. The number of nitrogens with one attached hydrogen (secondary N) is 1. The first kappa shape index (κ1) is 14.2. The molecule has 1 aromatic rings. The largest absolute Gasteiger partial charge is 0.508 e. The highest BCUT2D eigenvalue weighted by molar-refractivity contribution is 5.40. The van der Waals surface area contributed by atoms with Crippen LogP contribution in [0.25, 0.3) is 0 Å². The maximum absolute atomic E-state index is 9.89. The maximum atomic E-state index is 9.89. The van der Waals surface area contributed by atoms with Crippen LogP contribution in [0.4, 0.5) is 0 Å². The van der Waals surface area contributed by atoms with E-state index in [1.165, 1.54) is 25.3 Å². The number of phenols is 2. The molecule has 0 heterocycles. The molecule has 0 radical (unpaired) electrons. The van der Waals surface area contributed by atoms with Crippen LogP contribution in [-0.4, -0.2) is 16.3 Å². The maximum Gasteiger partial charge on any atom is 0.120 e. The molecule has 0 aliphatic heterocycles. The number of hydrogen-bond donors (Lipinski definition) is 3. The summed E-state index contributed by atoms with van der Waals surface area (Å²) >= 11 is 0. The van der Waals surface area contributed by atoms with E-state index in [1.54, 1.807) is 12.1 Å². The predicted molar refractivity (Wildman–Crippen MR) is 77.3 cm³/mol. The van der Waals surface area contributed by atoms with Gasteiger partial charge in [-0.1, -0.05) is 13.8 Å². The van der Waals surface area contributed by atoms with Crippen molar-refractivity contribution in [3.8, 4) is 11.5 Å². The molecule has 3 atom stereocenters. The molecule has 0 aromatic heterocycles. The topological polar surface area (TPSA) is 52.5 Å². The van der Waals surface area contributed by atoms with Gasteiger partial charge in [0, 0.05) is 17.6 Å². The fourth-order valence-corrected chi connectivity index (χ4v) is 3.42. The summed E-state index contributed by atoms with van der Waals surface area (Å²) in [6.07, 6.45) is 3.69. The Balaban J connectivity index is 2.04. The lowest BCUT2D eigenvalue weighted by atomic mass is 9.80. The van der Waals surface area contributed by atoms with Gasteiger partial charge in [0.1, 0.15) is 11.5 Å². The van der Waals surface area contributed by atoms with Gasteiger partial charge in [-0.15, -0.1) is 0 Å². The van der Waals surface area contributed by atoms with Crippen LogP contribution in [0.5, 0.6) is 11.5 Å². The number of hydrogen-bond acceptors (Lipinski definition) is 3. The van der Waals surface area contributed by atoms with Gasteiger partial charge >= 0.3 is 0 Å². The molecule has 0 spiro atoms. The van der Waals surface area contributed by atoms with Gasteiger partial charge in [-0.2, -0.15) is 0 Å². The summed E-state index contributed by atoms with van der Waals surface area (Å²) < 4.78 is 0. The zero-order chi connectivity index (χ0) is 14.0. The Labute approximate surface area is 115 Å². The van der Waals surface area contributed by atoms with E-state index in [1.807, 2.05) is 6.92 Å². The zero-order valence-corrected chi connectivity index (χ0v) is 12.1. The van der Waals surface area contributed by atoms with Crippen LogP contribution in [0, 0.1) is 11.8 Å².